The molecule has 4 atom stereocenters. The van der Waals surface area contributed by atoms with E-state index in [4.69, 9.17) is 9.57 Å². The van der Waals surface area contributed by atoms with Gasteiger partial charge in [-0.25, -0.2) is 9.59 Å². The van der Waals surface area contributed by atoms with Gasteiger partial charge in [0, 0.05) is 18.5 Å². The van der Waals surface area contributed by atoms with Crippen molar-refractivity contribution in [1.29, 1.82) is 0 Å². The molecule has 0 unspecified atom stereocenters. The lowest BCUT2D eigenvalue weighted by atomic mass is 10.0. The Balaban J connectivity index is 1.42. The molecular formula is C22H37N5O6. The van der Waals surface area contributed by atoms with Crippen molar-refractivity contribution in [2.75, 3.05) is 13.2 Å². The largest absolute Gasteiger partial charge is 0.444 e. The number of urea groups is 1. The number of piperidine rings is 1. The molecule has 5 amide bonds. The summed E-state index contributed by atoms with van der Waals surface area (Å²) in [6.45, 7) is 8.34. The zero-order chi connectivity index (χ0) is 24.2. The van der Waals surface area contributed by atoms with Crippen LogP contribution in [0.15, 0.2) is 0 Å². The molecule has 11 nitrogen and oxygen atoms in total. The second-order valence-corrected chi connectivity index (χ2v) is 10.0. The van der Waals surface area contributed by atoms with Crippen LogP contribution in [0.1, 0.15) is 72.6 Å². The van der Waals surface area contributed by atoms with Gasteiger partial charge in [0.1, 0.15) is 11.6 Å². The van der Waals surface area contributed by atoms with E-state index in [1.165, 1.54) is 9.96 Å². The van der Waals surface area contributed by atoms with Crippen LogP contribution in [0, 0.1) is 5.92 Å². The molecular weight excluding hydrogens is 430 g/mol. The maximum absolute atomic E-state index is 12.7. The average Bonchev–Trinajstić information content (AvgIpc) is 3.29. The van der Waals surface area contributed by atoms with E-state index in [1.54, 1.807) is 20.8 Å². The van der Waals surface area contributed by atoms with Gasteiger partial charge in [0.05, 0.1) is 12.6 Å². The van der Waals surface area contributed by atoms with Crippen LogP contribution in [0.4, 0.5) is 9.59 Å². The number of nitrogens with one attached hydrogen (secondary N) is 3. The minimum Gasteiger partial charge on any atom is -0.444 e. The fraction of sp³-hybridized carbons (Fsp3) is 0.818. The molecule has 11 heteroatoms. The van der Waals surface area contributed by atoms with E-state index in [9.17, 15) is 19.2 Å². The summed E-state index contributed by atoms with van der Waals surface area (Å²) in [7, 11) is 0. The van der Waals surface area contributed by atoms with E-state index in [-0.39, 0.29) is 29.9 Å². The molecule has 2 saturated heterocycles. The second-order valence-electron chi connectivity index (χ2n) is 10.0. The van der Waals surface area contributed by atoms with Crippen LogP contribution in [0.3, 0.4) is 0 Å². The predicted molar refractivity (Wildman–Crippen MR) is 118 cm³/mol. The molecule has 2 heterocycles. The highest BCUT2D eigenvalue weighted by molar-refractivity contribution is 5.90. The first kappa shape index (κ1) is 25.1. The first-order valence-corrected chi connectivity index (χ1v) is 11.9. The number of rotatable bonds is 7. The molecule has 0 radical (unpaired) electrons. The zero-order valence-electron chi connectivity index (χ0n) is 20.0. The Kier molecular flexibility index (Phi) is 8.04. The molecule has 1 saturated carbocycles. The van der Waals surface area contributed by atoms with Crippen molar-refractivity contribution in [3.63, 3.8) is 0 Å². The Morgan fingerprint density at radius 1 is 1.06 bits per heavy atom. The van der Waals surface area contributed by atoms with Gasteiger partial charge in [0.15, 0.2) is 0 Å². The second kappa shape index (κ2) is 10.6. The molecule has 1 aliphatic carbocycles. The first-order chi connectivity index (χ1) is 15.6. The van der Waals surface area contributed by atoms with E-state index < -0.39 is 23.6 Å². The third-order valence-corrected chi connectivity index (χ3v) is 6.19. The minimum absolute atomic E-state index is 0.0408. The van der Waals surface area contributed by atoms with Gasteiger partial charge in [-0.3, -0.25) is 25.3 Å². The number of carbonyl (C=O) groups is 4. The zero-order valence-corrected chi connectivity index (χ0v) is 20.0. The van der Waals surface area contributed by atoms with Crippen LogP contribution in [0.2, 0.25) is 0 Å². The summed E-state index contributed by atoms with van der Waals surface area (Å²) in [5.74, 6) is -1.04. The van der Waals surface area contributed by atoms with Gasteiger partial charge in [-0.15, -0.1) is 0 Å². The Morgan fingerprint density at radius 3 is 2.48 bits per heavy atom. The van der Waals surface area contributed by atoms with Crippen LogP contribution in [0.5, 0.6) is 0 Å². The van der Waals surface area contributed by atoms with Crippen LogP contribution in [-0.2, 0) is 19.2 Å². The van der Waals surface area contributed by atoms with Crippen molar-refractivity contribution >= 4 is 23.9 Å². The fourth-order valence-electron chi connectivity index (χ4n) is 4.51. The minimum atomic E-state index is -0.640. The topological polar surface area (TPSA) is 129 Å². The molecule has 33 heavy (non-hydrogen) atoms. The number of amides is 5. The maximum Gasteiger partial charge on any atom is 0.407 e. The standard InChI is InChI=1S/C22H37N5O6/c1-5-6-11-32-27-16-9-10-17(26(13-16)21(27)31)19(29)25-24-18(28)14-7-8-15(12-14)23-20(30)33-22(2,3)4/h14-17H,5-13H2,1-4H3,(H,23,30)(H,24,28)(H,25,29)/t14-,15+,16+,17+/m1/s1. The highest BCUT2D eigenvalue weighted by Gasteiger charge is 2.48. The van der Waals surface area contributed by atoms with Crippen LogP contribution < -0.4 is 16.2 Å². The van der Waals surface area contributed by atoms with E-state index in [2.05, 4.69) is 23.1 Å². The summed E-state index contributed by atoms with van der Waals surface area (Å²) in [6, 6.07) is -1.13. The molecule has 3 N–H and O–H groups in total. The van der Waals surface area contributed by atoms with Crippen molar-refractivity contribution in [2.45, 2.75) is 96.4 Å². The van der Waals surface area contributed by atoms with Gasteiger partial charge in [0.25, 0.3) is 5.91 Å². The van der Waals surface area contributed by atoms with Gasteiger partial charge in [-0.05, 0) is 59.3 Å². The third-order valence-electron chi connectivity index (χ3n) is 6.19. The van der Waals surface area contributed by atoms with Gasteiger partial charge in [-0.2, -0.15) is 5.06 Å². The molecule has 0 aromatic heterocycles. The lowest BCUT2D eigenvalue weighted by Gasteiger charge is -2.29. The first-order valence-electron chi connectivity index (χ1n) is 11.9. The van der Waals surface area contributed by atoms with Gasteiger partial charge in [-0.1, -0.05) is 13.3 Å². The van der Waals surface area contributed by atoms with Gasteiger partial charge >= 0.3 is 12.1 Å². The summed E-state index contributed by atoms with van der Waals surface area (Å²) in [5, 5.41) is 4.19. The molecule has 2 bridgehead atoms. The summed E-state index contributed by atoms with van der Waals surface area (Å²) in [6.07, 6.45) is 4.24. The Morgan fingerprint density at radius 2 is 1.79 bits per heavy atom. The van der Waals surface area contributed by atoms with Crippen LogP contribution >= 0.6 is 0 Å². The third kappa shape index (κ3) is 6.49. The lowest BCUT2D eigenvalue weighted by Crippen LogP contribution is -2.54. The highest BCUT2D eigenvalue weighted by atomic mass is 16.7. The number of fused-ring (bicyclic) bond motifs is 2. The number of nitrogens with zero attached hydrogens (tertiary/aromatic N) is 2. The summed E-state index contributed by atoms with van der Waals surface area (Å²) in [5.41, 5.74) is 4.39. The number of alkyl carbamates (subject to hydrolysis) is 1. The van der Waals surface area contributed by atoms with Crippen molar-refractivity contribution in [3.8, 4) is 0 Å². The van der Waals surface area contributed by atoms with Crippen molar-refractivity contribution in [2.24, 2.45) is 5.92 Å². The quantitative estimate of drug-likeness (QED) is 0.387. The van der Waals surface area contributed by atoms with E-state index in [0.717, 1.165) is 12.8 Å². The van der Waals surface area contributed by atoms with Gasteiger partial charge < -0.3 is 15.0 Å². The molecule has 3 fully saturated rings. The molecule has 3 aliphatic rings. The van der Waals surface area contributed by atoms with E-state index in [0.29, 0.717) is 45.3 Å². The molecule has 0 aromatic rings. The van der Waals surface area contributed by atoms with Gasteiger partial charge in [0.2, 0.25) is 5.91 Å². The smallest absolute Gasteiger partial charge is 0.407 e. The number of hydrogen-bond donors (Lipinski definition) is 3. The monoisotopic (exact) mass is 467 g/mol. The summed E-state index contributed by atoms with van der Waals surface area (Å²) in [4.78, 5) is 57.0. The van der Waals surface area contributed by atoms with Crippen LogP contribution in [-0.4, -0.2) is 70.8 Å². The number of ether oxygens (including phenoxy) is 1. The lowest BCUT2D eigenvalue weighted by molar-refractivity contribution is -0.133. The molecule has 2 aliphatic heterocycles. The molecule has 0 aromatic carbocycles. The molecule has 0 spiro atoms. The van der Waals surface area contributed by atoms with E-state index in [1.807, 2.05) is 0 Å². The normalized spacial score (nSPS) is 26.8. The van der Waals surface area contributed by atoms with Crippen molar-refractivity contribution < 1.29 is 28.8 Å². The number of hydroxylamine groups is 2. The predicted octanol–water partition coefficient (Wildman–Crippen LogP) is 1.83. The highest BCUT2D eigenvalue weighted by Crippen LogP contribution is 2.30. The van der Waals surface area contributed by atoms with Crippen LogP contribution in [0.25, 0.3) is 0 Å². The Labute approximate surface area is 194 Å². The maximum atomic E-state index is 12.7. The average molecular weight is 468 g/mol. The Bertz CT molecular complexity index is 754. The van der Waals surface area contributed by atoms with Crippen molar-refractivity contribution in [3.05, 3.63) is 0 Å². The number of hydrazine groups is 1. The SMILES string of the molecule is CCCCON1C(=O)N2C[C@@H]1CC[C@H]2C(=O)NNC(=O)[C@@H]1CC[C@H](NC(=O)OC(C)(C)C)C1. The van der Waals surface area contributed by atoms with Crippen molar-refractivity contribution in [1.82, 2.24) is 26.1 Å². The summed E-state index contributed by atoms with van der Waals surface area (Å²) >= 11 is 0. The Hall–Kier alpha value is -2.56. The number of unbranched alkanes of at least 4 members (excludes halogenated alkanes) is 1. The molecule has 186 valence electrons. The summed E-state index contributed by atoms with van der Waals surface area (Å²) < 4.78 is 5.26. The number of hydrogen-bond acceptors (Lipinski definition) is 6. The number of carbonyl (C=O) groups excluding carboxylic acids is 4. The fourth-order valence-corrected chi connectivity index (χ4v) is 4.51. The van der Waals surface area contributed by atoms with E-state index >= 15 is 0 Å². The molecule has 3 rings (SSSR count).